The fourth-order valence-electron chi connectivity index (χ4n) is 3.11. The molecule has 2 heterocycles. The normalized spacial score (nSPS) is 15.4. The molecule has 1 aromatic heterocycles. The molecular weight excluding hydrogens is 320 g/mol. The number of hydrogen-bond donors (Lipinski definition) is 1. The highest BCUT2D eigenvalue weighted by molar-refractivity contribution is 6.04. The summed E-state index contributed by atoms with van der Waals surface area (Å²) in [4.78, 5) is 39.1. The topological polar surface area (TPSA) is 84.3 Å². The molecule has 0 spiro atoms. The third-order valence-electron chi connectivity index (χ3n) is 4.73. The molecule has 0 unspecified atom stereocenters. The van der Waals surface area contributed by atoms with Gasteiger partial charge in [-0.05, 0) is 24.8 Å². The summed E-state index contributed by atoms with van der Waals surface area (Å²) in [5.74, 6) is 0.0919. The zero-order valence-corrected chi connectivity index (χ0v) is 14.5. The minimum atomic E-state index is -0.385. The van der Waals surface area contributed by atoms with Gasteiger partial charge >= 0.3 is 0 Å². The predicted octanol–water partition coefficient (Wildman–Crippen LogP) is 1.01. The molecule has 1 fully saturated rings. The maximum absolute atomic E-state index is 12.7. The van der Waals surface area contributed by atoms with Crippen molar-refractivity contribution >= 4 is 22.6 Å². The molecule has 25 heavy (non-hydrogen) atoms. The summed E-state index contributed by atoms with van der Waals surface area (Å²) in [6, 6.07) is 6.82. The first kappa shape index (κ1) is 17.1. The largest absolute Gasteiger partial charge is 0.354 e. The Hall–Kier alpha value is -2.70. The zero-order chi connectivity index (χ0) is 18.0. The summed E-state index contributed by atoms with van der Waals surface area (Å²) in [6.07, 6.45) is 1.94. The molecule has 0 bridgehead atoms. The van der Waals surface area contributed by atoms with Crippen LogP contribution in [0.1, 0.15) is 30.3 Å². The Labute approximate surface area is 145 Å². The summed E-state index contributed by atoms with van der Waals surface area (Å²) >= 11 is 0. The number of nitrogens with one attached hydrogen (secondary N) is 1. The first-order valence-corrected chi connectivity index (χ1v) is 8.51. The molecule has 0 saturated carbocycles. The zero-order valence-electron chi connectivity index (χ0n) is 14.5. The van der Waals surface area contributed by atoms with E-state index >= 15 is 0 Å². The van der Waals surface area contributed by atoms with Crippen molar-refractivity contribution in [1.29, 1.82) is 0 Å². The molecule has 0 atom stereocenters. The molecule has 7 heteroatoms. The van der Waals surface area contributed by atoms with Gasteiger partial charge < -0.3 is 10.2 Å². The fourth-order valence-corrected chi connectivity index (χ4v) is 3.11. The third kappa shape index (κ3) is 3.40. The Bertz CT molecular complexity index is 866. The van der Waals surface area contributed by atoms with Crippen LogP contribution in [0.4, 0.5) is 0 Å². The number of likely N-dealkylation sites (tertiary alicyclic amines) is 1. The quantitative estimate of drug-likeness (QED) is 0.902. The van der Waals surface area contributed by atoms with E-state index in [0.29, 0.717) is 29.8 Å². The van der Waals surface area contributed by atoms with Gasteiger partial charge in [0.2, 0.25) is 5.91 Å². The van der Waals surface area contributed by atoms with Gasteiger partial charge in [0.25, 0.3) is 11.5 Å². The number of benzene rings is 1. The van der Waals surface area contributed by atoms with Crippen LogP contribution in [0, 0.1) is 5.92 Å². The molecule has 1 aromatic carbocycles. The number of carbonyl (C=O) groups is 2. The molecule has 1 aliphatic heterocycles. The lowest BCUT2D eigenvalue weighted by Crippen LogP contribution is -2.42. The molecule has 1 saturated heterocycles. The first-order chi connectivity index (χ1) is 12.0. The standard InChI is InChI=1S/C18H22N4O3/c1-12-7-9-21(10-8-12)15(23)11-22-18(25)14-6-4-3-5-13(14)16(20-22)17(24)19-2/h3-6,12H,7-11H2,1-2H3,(H,19,24). The second-order valence-electron chi connectivity index (χ2n) is 6.50. The number of hydrogen-bond acceptors (Lipinski definition) is 4. The van der Waals surface area contributed by atoms with Crippen LogP contribution in [0.15, 0.2) is 29.1 Å². The van der Waals surface area contributed by atoms with E-state index in [9.17, 15) is 14.4 Å². The van der Waals surface area contributed by atoms with Gasteiger partial charge in [0.05, 0.1) is 5.39 Å². The third-order valence-corrected chi connectivity index (χ3v) is 4.73. The Balaban J connectivity index is 1.96. The monoisotopic (exact) mass is 342 g/mol. The van der Waals surface area contributed by atoms with Crippen LogP contribution < -0.4 is 10.9 Å². The maximum atomic E-state index is 12.7. The van der Waals surface area contributed by atoms with E-state index in [1.54, 1.807) is 29.2 Å². The molecule has 1 aliphatic rings. The minimum Gasteiger partial charge on any atom is -0.354 e. The van der Waals surface area contributed by atoms with Crippen molar-refractivity contribution in [2.75, 3.05) is 20.1 Å². The number of nitrogens with zero attached hydrogens (tertiary/aromatic N) is 3. The Morgan fingerprint density at radius 3 is 2.48 bits per heavy atom. The number of piperidine rings is 1. The van der Waals surface area contributed by atoms with E-state index in [2.05, 4.69) is 17.3 Å². The van der Waals surface area contributed by atoms with Gasteiger partial charge in [-0.25, -0.2) is 4.68 Å². The van der Waals surface area contributed by atoms with Gasteiger partial charge in [0, 0.05) is 25.5 Å². The predicted molar refractivity (Wildman–Crippen MR) is 94.4 cm³/mol. The van der Waals surface area contributed by atoms with Crippen molar-refractivity contribution in [3.8, 4) is 0 Å². The van der Waals surface area contributed by atoms with Gasteiger partial charge in [-0.15, -0.1) is 0 Å². The molecule has 3 rings (SSSR count). The van der Waals surface area contributed by atoms with Crippen LogP contribution in [0.5, 0.6) is 0 Å². The van der Waals surface area contributed by atoms with Gasteiger partial charge in [0.1, 0.15) is 6.54 Å². The minimum absolute atomic E-state index is 0.139. The highest BCUT2D eigenvalue weighted by Crippen LogP contribution is 2.17. The van der Waals surface area contributed by atoms with E-state index in [1.807, 2.05) is 0 Å². The summed E-state index contributed by atoms with van der Waals surface area (Å²) in [5.41, 5.74) is -0.209. The first-order valence-electron chi connectivity index (χ1n) is 8.51. The van der Waals surface area contributed by atoms with Crippen LogP contribution in [0.25, 0.3) is 10.8 Å². The van der Waals surface area contributed by atoms with E-state index in [0.717, 1.165) is 17.5 Å². The van der Waals surface area contributed by atoms with Gasteiger partial charge in [-0.2, -0.15) is 5.10 Å². The van der Waals surface area contributed by atoms with Gasteiger partial charge in [0.15, 0.2) is 5.69 Å². The van der Waals surface area contributed by atoms with Crippen molar-refractivity contribution < 1.29 is 9.59 Å². The smallest absolute Gasteiger partial charge is 0.275 e. The summed E-state index contributed by atoms with van der Waals surface area (Å²) in [6.45, 7) is 3.42. The van der Waals surface area contributed by atoms with E-state index in [-0.39, 0.29) is 29.6 Å². The molecule has 132 valence electrons. The number of fused-ring (bicyclic) bond motifs is 1. The SMILES string of the molecule is CNC(=O)c1nn(CC(=O)N2CCC(C)CC2)c(=O)c2ccccc12. The summed E-state index contributed by atoms with van der Waals surface area (Å²) < 4.78 is 1.10. The number of rotatable bonds is 3. The molecule has 1 N–H and O–H groups in total. The van der Waals surface area contributed by atoms with Crippen molar-refractivity contribution in [2.24, 2.45) is 5.92 Å². The molecule has 7 nitrogen and oxygen atoms in total. The van der Waals surface area contributed by atoms with Crippen LogP contribution in [0.2, 0.25) is 0 Å². The van der Waals surface area contributed by atoms with Crippen molar-refractivity contribution in [2.45, 2.75) is 26.3 Å². The van der Waals surface area contributed by atoms with Crippen LogP contribution in [-0.4, -0.2) is 46.6 Å². The summed E-state index contributed by atoms with van der Waals surface area (Å²) in [5, 5.41) is 7.57. The average Bonchev–Trinajstić information content (AvgIpc) is 2.64. The molecule has 2 amide bonds. The molecular formula is C18H22N4O3. The van der Waals surface area contributed by atoms with Crippen molar-refractivity contribution in [1.82, 2.24) is 20.0 Å². The van der Waals surface area contributed by atoms with E-state index in [1.165, 1.54) is 7.05 Å². The Kier molecular flexibility index (Phi) is 4.83. The molecule has 0 radical (unpaired) electrons. The van der Waals surface area contributed by atoms with Crippen LogP contribution in [-0.2, 0) is 11.3 Å². The number of aromatic nitrogens is 2. The second kappa shape index (κ2) is 7.04. The van der Waals surface area contributed by atoms with Crippen molar-refractivity contribution in [3.63, 3.8) is 0 Å². The lowest BCUT2D eigenvalue weighted by molar-refractivity contribution is -0.133. The second-order valence-corrected chi connectivity index (χ2v) is 6.50. The highest BCUT2D eigenvalue weighted by atomic mass is 16.2. The molecule has 0 aliphatic carbocycles. The van der Waals surface area contributed by atoms with Crippen LogP contribution >= 0.6 is 0 Å². The fraction of sp³-hybridized carbons (Fsp3) is 0.444. The van der Waals surface area contributed by atoms with Gasteiger partial charge in [-0.3, -0.25) is 14.4 Å². The maximum Gasteiger partial charge on any atom is 0.275 e. The van der Waals surface area contributed by atoms with Crippen molar-refractivity contribution in [3.05, 3.63) is 40.3 Å². The lowest BCUT2D eigenvalue weighted by atomic mass is 9.99. The Morgan fingerprint density at radius 1 is 1.20 bits per heavy atom. The van der Waals surface area contributed by atoms with Crippen LogP contribution in [0.3, 0.4) is 0 Å². The lowest BCUT2D eigenvalue weighted by Gasteiger charge is -2.30. The summed E-state index contributed by atoms with van der Waals surface area (Å²) in [7, 11) is 1.51. The highest BCUT2D eigenvalue weighted by Gasteiger charge is 2.22. The van der Waals surface area contributed by atoms with Gasteiger partial charge in [-0.1, -0.05) is 25.1 Å². The van der Waals surface area contributed by atoms with E-state index < -0.39 is 0 Å². The Morgan fingerprint density at radius 2 is 1.84 bits per heavy atom. The average molecular weight is 342 g/mol. The number of amides is 2. The number of carbonyl (C=O) groups excluding carboxylic acids is 2. The molecule has 2 aromatic rings. The van der Waals surface area contributed by atoms with E-state index in [4.69, 9.17) is 0 Å².